The smallest absolute Gasteiger partial charge is 0.191 e. The van der Waals surface area contributed by atoms with Gasteiger partial charge in [0.25, 0.3) is 0 Å². The third-order valence-corrected chi connectivity index (χ3v) is 4.71. The molecule has 24 heavy (non-hydrogen) atoms. The zero-order valence-corrected chi connectivity index (χ0v) is 18.4. The summed E-state index contributed by atoms with van der Waals surface area (Å²) in [5.41, 5.74) is 1.10. The van der Waals surface area contributed by atoms with E-state index in [1.54, 1.807) is 14.2 Å². The number of nitrogens with zero attached hydrogens (tertiary/aromatic N) is 1. The highest BCUT2D eigenvalue weighted by molar-refractivity contribution is 14.0. The minimum Gasteiger partial charge on any atom is -0.493 e. The van der Waals surface area contributed by atoms with Gasteiger partial charge in [-0.1, -0.05) is 19.3 Å². The Balaban J connectivity index is 0.00000288. The second-order valence-corrected chi connectivity index (χ2v) is 6.57. The van der Waals surface area contributed by atoms with Gasteiger partial charge >= 0.3 is 0 Å². The fourth-order valence-electron chi connectivity index (χ4n) is 2.89. The Hall–Kier alpha value is -0.700. The number of aliphatic imine (C=N–C) groups is 1. The number of guanidine groups is 1. The zero-order chi connectivity index (χ0) is 16.7. The lowest BCUT2D eigenvalue weighted by Gasteiger charge is -2.25. The lowest BCUT2D eigenvalue weighted by atomic mass is 9.96. The van der Waals surface area contributed by atoms with Crippen molar-refractivity contribution >= 4 is 45.9 Å². The van der Waals surface area contributed by atoms with Crippen LogP contribution in [0.15, 0.2) is 21.6 Å². The van der Waals surface area contributed by atoms with Crippen LogP contribution in [0, 0.1) is 0 Å². The zero-order valence-electron chi connectivity index (χ0n) is 14.5. The van der Waals surface area contributed by atoms with Crippen LogP contribution < -0.4 is 20.1 Å². The molecular formula is C17H27BrIN3O2. The Bertz CT molecular complexity index is 549. The Labute approximate surface area is 170 Å². The predicted octanol–water partition coefficient (Wildman–Crippen LogP) is 4.08. The molecule has 1 aliphatic rings. The van der Waals surface area contributed by atoms with E-state index in [-0.39, 0.29) is 24.0 Å². The van der Waals surface area contributed by atoms with Crippen molar-refractivity contribution < 1.29 is 9.47 Å². The summed E-state index contributed by atoms with van der Waals surface area (Å²) in [5.74, 6) is 2.28. The van der Waals surface area contributed by atoms with Crippen LogP contribution in [0.1, 0.15) is 37.7 Å². The van der Waals surface area contributed by atoms with Gasteiger partial charge < -0.3 is 20.1 Å². The number of methoxy groups -OCH3 is 2. The summed E-state index contributed by atoms with van der Waals surface area (Å²) >= 11 is 3.52. The summed E-state index contributed by atoms with van der Waals surface area (Å²) in [6.45, 7) is 0.672. The van der Waals surface area contributed by atoms with E-state index in [9.17, 15) is 0 Å². The van der Waals surface area contributed by atoms with Gasteiger partial charge in [-0.15, -0.1) is 24.0 Å². The lowest BCUT2D eigenvalue weighted by Crippen LogP contribution is -2.43. The molecule has 5 nitrogen and oxygen atoms in total. The van der Waals surface area contributed by atoms with Crippen molar-refractivity contribution in [1.82, 2.24) is 10.6 Å². The average molecular weight is 512 g/mol. The Morgan fingerprint density at radius 3 is 2.50 bits per heavy atom. The molecule has 0 unspecified atom stereocenters. The lowest BCUT2D eigenvalue weighted by molar-refractivity contribution is 0.352. The predicted molar refractivity (Wildman–Crippen MR) is 113 cm³/mol. The molecule has 2 N–H and O–H groups in total. The Morgan fingerprint density at radius 2 is 1.92 bits per heavy atom. The van der Waals surface area contributed by atoms with Crippen LogP contribution in [0.25, 0.3) is 0 Å². The summed E-state index contributed by atoms with van der Waals surface area (Å²) < 4.78 is 11.6. The highest BCUT2D eigenvalue weighted by atomic mass is 127. The third-order valence-electron chi connectivity index (χ3n) is 4.12. The molecule has 0 heterocycles. The van der Waals surface area contributed by atoms with Gasteiger partial charge in [-0.05, 0) is 46.5 Å². The van der Waals surface area contributed by atoms with Crippen LogP contribution in [0.5, 0.6) is 11.5 Å². The fourth-order valence-corrected chi connectivity index (χ4v) is 3.55. The van der Waals surface area contributed by atoms with Crippen molar-refractivity contribution in [1.29, 1.82) is 0 Å². The first-order chi connectivity index (χ1) is 11.2. The molecule has 1 saturated carbocycles. The number of nitrogens with one attached hydrogen (secondary N) is 2. The first-order valence-corrected chi connectivity index (χ1v) is 8.84. The van der Waals surface area contributed by atoms with Crippen molar-refractivity contribution in [3.05, 3.63) is 22.2 Å². The van der Waals surface area contributed by atoms with Crippen molar-refractivity contribution in [3.63, 3.8) is 0 Å². The van der Waals surface area contributed by atoms with Gasteiger partial charge in [0.2, 0.25) is 0 Å². The molecule has 0 aromatic heterocycles. The van der Waals surface area contributed by atoms with E-state index in [2.05, 4.69) is 31.6 Å². The molecule has 0 spiro atoms. The Kier molecular flexibility index (Phi) is 9.80. The van der Waals surface area contributed by atoms with E-state index in [0.717, 1.165) is 16.0 Å². The van der Waals surface area contributed by atoms with Gasteiger partial charge in [0.1, 0.15) is 0 Å². The monoisotopic (exact) mass is 511 g/mol. The highest BCUT2D eigenvalue weighted by Crippen LogP contribution is 2.36. The number of benzene rings is 1. The minimum atomic E-state index is 0. The first kappa shape index (κ1) is 21.3. The van der Waals surface area contributed by atoms with Gasteiger partial charge in [-0.25, -0.2) is 0 Å². The summed E-state index contributed by atoms with van der Waals surface area (Å²) in [5, 5.41) is 6.88. The van der Waals surface area contributed by atoms with E-state index in [1.165, 1.54) is 32.1 Å². The number of hydrogen-bond acceptors (Lipinski definition) is 3. The maximum Gasteiger partial charge on any atom is 0.191 e. The largest absolute Gasteiger partial charge is 0.493 e. The van der Waals surface area contributed by atoms with Crippen LogP contribution in [-0.4, -0.2) is 33.3 Å². The molecule has 0 atom stereocenters. The SMILES string of the molecule is CN=C(NCc1cc(Br)c(OC)c(OC)c1)NC1CCCCC1.I. The molecular weight excluding hydrogens is 485 g/mol. The van der Waals surface area contributed by atoms with Gasteiger partial charge in [-0.3, -0.25) is 4.99 Å². The molecule has 1 aromatic rings. The average Bonchev–Trinajstić information content (AvgIpc) is 2.58. The Morgan fingerprint density at radius 1 is 1.21 bits per heavy atom. The molecule has 2 rings (SSSR count). The van der Waals surface area contributed by atoms with Crippen molar-refractivity contribution in [2.45, 2.75) is 44.7 Å². The van der Waals surface area contributed by atoms with E-state index >= 15 is 0 Å². The normalized spacial score (nSPS) is 15.4. The number of rotatable bonds is 5. The standard InChI is InChI=1S/C17H26BrN3O2.HI/c1-19-17(21-13-7-5-4-6-8-13)20-11-12-9-14(18)16(23-3)15(10-12)22-2;/h9-10,13H,4-8,11H2,1-3H3,(H2,19,20,21);1H. The number of halogens is 2. The summed E-state index contributed by atoms with van der Waals surface area (Å²) in [7, 11) is 5.09. The third kappa shape index (κ3) is 5.98. The van der Waals surface area contributed by atoms with E-state index in [0.29, 0.717) is 24.1 Å². The fraction of sp³-hybridized carbons (Fsp3) is 0.588. The molecule has 1 aliphatic carbocycles. The van der Waals surface area contributed by atoms with Gasteiger partial charge in [-0.2, -0.15) is 0 Å². The second kappa shape index (κ2) is 11.0. The van der Waals surface area contributed by atoms with Crippen molar-refractivity contribution in [2.75, 3.05) is 21.3 Å². The molecule has 0 aliphatic heterocycles. The molecule has 1 fully saturated rings. The molecule has 0 radical (unpaired) electrons. The minimum absolute atomic E-state index is 0. The van der Waals surface area contributed by atoms with Crippen molar-refractivity contribution in [2.24, 2.45) is 4.99 Å². The van der Waals surface area contributed by atoms with Crippen LogP contribution in [0.2, 0.25) is 0 Å². The summed E-state index contributed by atoms with van der Waals surface area (Å²) in [6.07, 6.45) is 6.41. The van der Waals surface area contributed by atoms with Crippen LogP contribution >= 0.6 is 39.9 Å². The molecule has 7 heteroatoms. The first-order valence-electron chi connectivity index (χ1n) is 8.05. The van der Waals surface area contributed by atoms with Crippen LogP contribution in [-0.2, 0) is 6.54 Å². The topological polar surface area (TPSA) is 54.9 Å². The second-order valence-electron chi connectivity index (χ2n) is 5.72. The van der Waals surface area contributed by atoms with Crippen molar-refractivity contribution in [3.8, 4) is 11.5 Å². The maximum atomic E-state index is 5.38. The molecule has 0 amide bonds. The molecule has 0 saturated heterocycles. The summed E-state index contributed by atoms with van der Waals surface area (Å²) in [6, 6.07) is 4.54. The van der Waals surface area contributed by atoms with E-state index < -0.39 is 0 Å². The highest BCUT2D eigenvalue weighted by Gasteiger charge is 2.15. The van der Waals surface area contributed by atoms with E-state index in [4.69, 9.17) is 9.47 Å². The molecule has 136 valence electrons. The van der Waals surface area contributed by atoms with Crippen LogP contribution in [0.4, 0.5) is 0 Å². The van der Waals surface area contributed by atoms with Gasteiger partial charge in [0.05, 0.1) is 18.7 Å². The van der Waals surface area contributed by atoms with E-state index in [1.807, 2.05) is 19.2 Å². The maximum absolute atomic E-state index is 5.38. The molecule has 1 aromatic carbocycles. The number of hydrogen-bond donors (Lipinski definition) is 2. The number of ether oxygens (including phenoxy) is 2. The van der Waals surface area contributed by atoms with Gasteiger partial charge in [0.15, 0.2) is 17.5 Å². The van der Waals surface area contributed by atoms with Crippen LogP contribution in [0.3, 0.4) is 0 Å². The molecule has 0 bridgehead atoms. The summed E-state index contributed by atoms with van der Waals surface area (Å²) in [4.78, 5) is 4.32. The quantitative estimate of drug-likeness (QED) is 0.355. The van der Waals surface area contributed by atoms with Gasteiger partial charge in [0, 0.05) is 19.6 Å².